The molecular weight excluding hydrogens is 285 g/mol. The molecule has 1 amide bonds. The van der Waals surface area contributed by atoms with Gasteiger partial charge in [-0.3, -0.25) is 4.79 Å². The van der Waals surface area contributed by atoms with Gasteiger partial charge in [-0.05, 0) is 36.4 Å². The van der Waals surface area contributed by atoms with Gasteiger partial charge in [-0.2, -0.15) is 0 Å². The van der Waals surface area contributed by atoms with Gasteiger partial charge in [0.05, 0.1) is 21.3 Å². The van der Waals surface area contributed by atoms with Crippen molar-refractivity contribution in [2.45, 2.75) is 0 Å². The number of amides is 1. The molecule has 98 valence electrons. The molecule has 0 heterocycles. The molecule has 5 N–H and O–H groups in total. The lowest BCUT2D eigenvalue weighted by atomic mass is 10.2. The van der Waals surface area contributed by atoms with Crippen LogP contribution in [0, 0.1) is 0 Å². The summed E-state index contributed by atoms with van der Waals surface area (Å²) in [6, 6.07) is 9.53. The van der Waals surface area contributed by atoms with Gasteiger partial charge < -0.3 is 16.8 Å². The van der Waals surface area contributed by atoms with Crippen LogP contribution in [0.4, 0.5) is 17.1 Å². The van der Waals surface area contributed by atoms with Crippen LogP contribution in [-0.4, -0.2) is 5.91 Å². The highest BCUT2D eigenvalue weighted by molar-refractivity contribution is 6.35. The van der Waals surface area contributed by atoms with Gasteiger partial charge >= 0.3 is 0 Å². The number of carbonyl (C=O) groups is 1. The van der Waals surface area contributed by atoms with E-state index in [1.165, 1.54) is 6.07 Å². The first-order valence-corrected chi connectivity index (χ1v) is 6.14. The molecule has 6 heteroatoms. The fourth-order valence-corrected chi connectivity index (χ4v) is 1.97. The molecule has 19 heavy (non-hydrogen) atoms. The lowest BCUT2D eigenvalue weighted by Crippen LogP contribution is -2.12. The van der Waals surface area contributed by atoms with Crippen molar-refractivity contribution in [3.63, 3.8) is 0 Å². The Morgan fingerprint density at radius 1 is 1.00 bits per heavy atom. The third kappa shape index (κ3) is 3.10. The molecule has 0 aliphatic carbocycles. The molecule has 2 aromatic carbocycles. The maximum Gasteiger partial charge on any atom is 0.257 e. The first-order chi connectivity index (χ1) is 8.97. The maximum atomic E-state index is 12.0. The van der Waals surface area contributed by atoms with E-state index < -0.39 is 0 Å². The van der Waals surface area contributed by atoms with Gasteiger partial charge in [-0.1, -0.05) is 23.2 Å². The van der Waals surface area contributed by atoms with Crippen molar-refractivity contribution in [2.75, 3.05) is 16.8 Å². The monoisotopic (exact) mass is 295 g/mol. The molecule has 4 nitrogen and oxygen atoms in total. The van der Waals surface area contributed by atoms with E-state index in [0.29, 0.717) is 32.7 Å². The van der Waals surface area contributed by atoms with Crippen LogP contribution in [0.25, 0.3) is 0 Å². The third-order valence-corrected chi connectivity index (χ3v) is 3.14. The van der Waals surface area contributed by atoms with Gasteiger partial charge in [0.25, 0.3) is 5.91 Å². The van der Waals surface area contributed by atoms with Gasteiger partial charge in [0.2, 0.25) is 0 Å². The second-order valence-corrected chi connectivity index (χ2v) is 4.74. The van der Waals surface area contributed by atoms with E-state index in [9.17, 15) is 4.79 Å². The SMILES string of the molecule is Nc1ccc(C(=O)Nc2ccc(N)c(Cl)c2)c(Cl)c1. The summed E-state index contributed by atoms with van der Waals surface area (Å²) in [5.74, 6) is -0.342. The Hall–Kier alpha value is -1.91. The van der Waals surface area contributed by atoms with Crippen LogP contribution in [0.1, 0.15) is 10.4 Å². The number of rotatable bonds is 2. The minimum Gasteiger partial charge on any atom is -0.399 e. The Balaban J connectivity index is 2.23. The van der Waals surface area contributed by atoms with Crippen LogP contribution >= 0.6 is 23.2 Å². The molecule has 0 spiro atoms. The van der Waals surface area contributed by atoms with Crippen LogP contribution in [0.2, 0.25) is 10.0 Å². The highest BCUT2D eigenvalue weighted by atomic mass is 35.5. The van der Waals surface area contributed by atoms with Crippen molar-refractivity contribution >= 4 is 46.2 Å². The van der Waals surface area contributed by atoms with E-state index in [2.05, 4.69) is 5.32 Å². The molecule has 0 atom stereocenters. The van der Waals surface area contributed by atoms with Crippen LogP contribution in [0.3, 0.4) is 0 Å². The summed E-state index contributed by atoms with van der Waals surface area (Å²) in [7, 11) is 0. The van der Waals surface area contributed by atoms with Crippen molar-refractivity contribution in [1.29, 1.82) is 0 Å². The molecule has 0 aliphatic heterocycles. The zero-order valence-corrected chi connectivity index (χ0v) is 11.3. The smallest absolute Gasteiger partial charge is 0.257 e. The lowest BCUT2D eigenvalue weighted by molar-refractivity contribution is 0.102. The number of halogens is 2. The molecule has 0 saturated carbocycles. The number of hydrogen-bond donors (Lipinski definition) is 3. The number of nitrogen functional groups attached to an aromatic ring is 2. The van der Waals surface area contributed by atoms with Crippen LogP contribution < -0.4 is 16.8 Å². The molecule has 0 fully saturated rings. The van der Waals surface area contributed by atoms with E-state index in [1.54, 1.807) is 30.3 Å². The van der Waals surface area contributed by atoms with E-state index in [0.717, 1.165) is 0 Å². The van der Waals surface area contributed by atoms with Gasteiger partial charge in [-0.25, -0.2) is 0 Å². The van der Waals surface area contributed by atoms with Crippen molar-refractivity contribution in [3.05, 3.63) is 52.0 Å². The van der Waals surface area contributed by atoms with Crippen molar-refractivity contribution in [2.24, 2.45) is 0 Å². The summed E-state index contributed by atoms with van der Waals surface area (Å²) in [4.78, 5) is 12.0. The van der Waals surface area contributed by atoms with Crippen molar-refractivity contribution in [3.8, 4) is 0 Å². The van der Waals surface area contributed by atoms with Crippen molar-refractivity contribution < 1.29 is 4.79 Å². The van der Waals surface area contributed by atoms with Crippen LogP contribution in [0.15, 0.2) is 36.4 Å². The molecule has 0 aliphatic rings. The van der Waals surface area contributed by atoms with Crippen LogP contribution in [-0.2, 0) is 0 Å². The number of benzene rings is 2. The number of carbonyl (C=O) groups excluding carboxylic acids is 1. The molecule has 0 bridgehead atoms. The summed E-state index contributed by atoms with van der Waals surface area (Å²) in [6.45, 7) is 0. The molecule has 0 radical (unpaired) electrons. The highest BCUT2D eigenvalue weighted by Gasteiger charge is 2.11. The molecule has 2 rings (SSSR count). The zero-order chi connectivity index (χ0) is 14.0. The number of nitrogens with one attached hydrogen (secondary N) is 1. The predicted octanol–water partition coefficient (Wildman–Crippen LogP) is 3.41. The van der Waals surface area contributed by atoms with Gasteiger partial charge in [0.15, 0.2) is 0 Å². The first kappa shape index (κ1) is 13.5. The Kier molecular flexibility index (Phi) is 3.83. The van der Waals surface area contributed by atoms with E-state index in [4.69, 9.17) is 34.7 Å². The lowest BCUT2D eigenvalue weighted by Gasteiger charge is -2.08. The highest BCUT2D eigenvalue weighted by Crippen LogP contribution is 2.24. The summed E-state index contributed by atoms with van der Waals surface area (Å²) in [6.07, 6.45) is 0. The fourth-order valence-electron chi connectivity index (χ4n) is 1.52. The largest absolute Gasteiger partial charge is 0.399 e. The summed E-state index contributed by atoms with van der Waals surface area (Å²) in [5, 5.41) is 3.35. The van der Waals surface area contributed by atoms with Gasteiger partial charge in [-0.15, -0.1) is 0 Å². The second kappa shape index (κ2) is 5.38. The first-order valence-electron chi connectivity index (χ1n) is 5.39. The minimum atomic E-state index is -0.342. The Bertz CT molecular complexity index is 644. The van der Waals surface area contributed by atoms with Crippen LogP contribution in [0.5, 0.6) is 0 Å². The Morgan fingerprint density at radius 2 is 1.74 bits per heavy atom. The summed E-state index contributed by atoms with van der Waals surface area (Å²) < 4.78 is 0. The maximum absolute atomic E-state index is 12.0. The molecular formula is C13H11Cl2N3O. The Morgan fingerprint density at radius 3 is 2.37 bits per heavy atom. The average molecular weight is 296 g/mol. The van der Waals surface area contributed by atoms with Gasteiger partial charge in [0.1, 0.15) is 0 Å². The fraction of sp³-hybridized carbons (Fsp3) is 0. The van der Waals surface area contributed by atoms with E-state index in [1.807, 2.05) is 0 Å². The number of hydrogen-bond acceptors (Lipinski definition) is 3. The quantitative estimate of drug-likeness (QED) is 0.743. The molecule has 0 unspecified atom stereocenters. The second-order valence-electron chi connectivity index (χ2n) is 3.93. The summed E-state index contributed by atoms with van der Waals surface area (Å²) >= 11 is 11.8. The number of anilines is 3. The standard InChI is InChI=1S/C13H11Cl2N3O/c14-10-5-7(16)1-3-9(10)13(19)18-8-2-4-12(17)11(15)6-8/h1-6H,16-17H2,(H,18,19). The van der Waals surface area contributed by atoms with Gasteiger partial charge in [0, 0.05) is 11.4 Å². The third-order valence-electron chi connectivity index (χ3n) is 2.50. The summed E-state index contributed by atoms with van der Waals surface area (Å²) in [5.41, 5.74) is 13.0. The van der Waals surface area contributed by atoms with E-state index in [-0.39, 0.29) is 5.91 Å². The Labute approximate surface area is 120 Å². The average Bonchev–Trinajstić information content (AvgIpc) is 2.33. The zero-order valence-electron chi connectivity index (χ0n) is 9.78. The molecule has 0 saturated heterocycles. The van der Waals surface area contributed by atoms with E-state index >= 15 is 0 Å². The minimum absolute atomic E-state index is 0.291. The normalized spacial score (nSPS) is 10.2. The van der Waals surface area contributed by atoms with Crippen molar-refractivity contribution in [1.82, 2.24) is 0 Å². The predicted molar refractivity (Wildman–Crippen MR) is 79.7 cm³/mol. The molecule has 0 aromatic heterocycles. The molecule has 2 aromatic rings. The number of nitrogens with two attached hydrogens (primary N) is 2. The topological polar surface area (TPSA) is 81.1 Å².